The maximum Gasteiger partial charge on any atom is 0.191 e. The van der Waals surface area contributed by atoms with Crippen LogP contribution in [-0.2, 0) is 16.4 Å². The average molecular weight is 537 g/mol. The van der Waals surface area contributed by atoms with Gasteiger partial charge in [0.25, 0.3) is 0 Å². The molecule has 1 aromatic carbocycles. The van der Waals surface area contributed by atoms with E-state index in [0.717, 1.165) is 18.1 Å². The number of rotatable bonds is 7. The number of nitrogens with zero attached hydrogens (tertiary/aromatic N) is 2. The predicted molar refractivity (Wildman–Crippen MR) is 132 cm³/mol. The molecule has 0 amide bonds. The molecule has 1 saturated heterocycles. The lowest BCUT2D eigenvalue weighted by molar-refractivity contribution is 0.161. The first-order valence-electron chi connectivity index (χ1n) is 10.3. The van der Waals surface area contributed by atoms with Crippen molar-refractivity contribution in [2.45, 2.75) is 57.0 Å². The molecule has 166 valence electrons. The molecule has 2 rings (SSSR count). The van der Waals surface area contributed by atoms with Crippen molar-refractivity contribution < 1.29 is 8.42 Å². The minimum absolute atomic E-state index is 0. The Bertz CT molecular complexity index is 728. The SMILES string of the molecule is CN=C(NCc1ccc(S(C)(=O)=O)cc1)NCC(C(C)C)N1CCCCCC1.I. The van der Waals surface area contributed by atoms with Crippen LogP contribution in [0.15, 0.2) is 34.2 Å². The summed E-state index contributed by atoms with van der Waals surface area (Å²) in [5.41, 5.74) is 1.02. The first-order valence-corrected chi connectivity index (χ1v) is 12.2. The molecule has 1 aromatic rings. The van der Waals surface area contributed by atoms with Crippen molar-refractivity contribution in [2.75, 3.05) is 32.9 Å². The zero-order valence-corrected chi connectivity index (χ0v) is 21.3. The summed E-state index contributed by atoms with van der Waals surface area (Å²) in [5.74, 6) is 1.35. The molecule has 2 N–H and O–H groups in total. The highest BCUT2D eigenvalue weighted by Crippen LogP contribution is 2.17. The molecule has 0 aromatic heterocycles. The maximum absolute atomic E-state index is 11.6. The Labute approximate surface area is 193 Å². The second-order valence-corrected chi connectivity index (χ2v) is 10.0. The highest BCUT2D eigenvalue weighted by atomic mass is 127. The fourth-order valence-corrected chi connectivity index (χ4v) is 4.31. The smallest absolute Gasteiger partial charge is 0.191 e. The van der Waals surface area contributed by atoms with Crippen LogP contribution in [-0.4, -0.2) is 58.3 Å². The predicted octanol–water partition coefficient (Wildman–Crippen LogP) is 3.27. The number of guanidine groups is 1. The van der Waals surface area contributed by atoms with E-state index in [1.54, 1.807) is 19.2 Å². The molecule has 0 spiro atoms. The molecule has 0 bridgehead atoms. The van der Waals surface area contributed by atoms with E-state index in [9.17, 15) is 8.42 Å². The Kier molecular flexibility index (Phi) is 11.5. The third kappa shape index (κ3) is 8.80. The average Bonchev–Trinajstić information content (AvgIpc) is 2.93. The zero-order chi connectivity index (χ0) is 20.6. The van der Waals surface area contributed by atoms with Crippen molar-refractivity contribution in [3.8, 4) is 0 Å². The highest BCUT2D eigenvalue weighted by molar-refractivity contribution is 14.0. The molecule has 1 heterocycles. The van der Waals surface area contributed by atoms with Crippen LogP contribution in [0.1, 0.15) is 45.1 Å². The number of hydrogen-bond donors (Lipinski definition) is 2. The third-order valence-corrected chi connectivity index (χ3v) is 6.52. The Hall–Kier alpha value is -0.870. The minimum atomic E-state index is -3.16. The van der Waals surface area contributed by atoms with Gasteiger partial charge in [-0.1, -0.05) is 38.8 Å². The van der Waals surface area contributed by atoms with Crippen molar-refractivity contribution in [2.24, 2.45) is 10.9 Å². The van der Waals surface area contributed by atoms with Gasteiger partial charge in [-0.2, -0.15) is 0 Å². The number of hydrogen-bond acceptors (Lipinski definition) is 4. The van der Waals surface area contributed by atoms with E-state index in [4.69, 9.17) is 0 Å². The van der Waals surface area contributed by atoms with Crippen molar-refractivity contribution in [3.63, 3.8) is 0 Å². The number of halogens is 1. The second-order valence-electron chi connectivity index (χ2n) is 7.98. The molecule has 1 fully saturated rings. The number of nitrogens with one attached hydrogen (secondary N) is 2. The number of likely N-dealkylation sites (tertiary alicyclic amines) is 1. The van der Waals surface area contributed by atoms with Gasteiger partial charge in [0.2, 0.25) is 0 Å². The fourth-order valence-electron chi connectivity index (χ4n) is 3.68. The van der Waals surface area contributed by atoms with Crippen LogP contribution < -0.4 is 10.6 Å². The van der Waals surface area contributed by atoms with Crippen LogP contribution in [0.5, 0.6) is 0 Å². The quantitative estimate of drug-likeness (QED) is 0.318. The monoisotopic (exact) mass is 536 g/mol. The van der Waals surface area contributed by atoms with Gasteiger partial charge in [-0.15, -0.1) is 24.0 Å². The van der Waals surface area contributed by atoms with E-state index in [-0.39, 0.29) is 24.0 Å². The summed E-state index contributed by atoms with van der Waals surface area (Å²) in [7, 11) is -1.38. The maximum atomic E-state index is 11.6. The van der Waals surface area contributed by atoms with Crippen molar-refractivity contribution in [3.05, 3.63) is 29.8 Å². The summed E-state index contributed by atoms with van der Waals surface area (Å²) in [5, 5.41) is 6.80. The molecule has 6 nitrogen and oxygen atoms in total. The lowest BCUT2D eigenvalue weighted by atomic mass is 10.0. The Morgan fingerprint density at radius 1 is 1.07 bits per heavy atom. The van der Waals surface area contributed by atoms with E-state index in [1.807, 2.05) is 12.1 Å². The second kappa shape index (κ2) is 12.7. The number of benzene rings is 1. The Morgan fingerprint density at radius 3 is 2.14 bits per heavy atom. The van der Waals surface area contributed by atoms with Gasteiger partial charge in [-0.3, -0.25) is 9.89 Å². The van der Waals surface area contributed by atoms with Gasteiger partial charge in [-0.05, 0) is 49.5 Å². The van der Waals surface area contributed by atoms with E-state index < -0.39 is 9.84 Å². The van der Waals surface area contributed by atoms with Crippen LogP contribution in [0.3, 0.4) is 0 Å². The van der Waals surface area contributed by atoms with Gasteiger partial charge in [0.05, 0.1) is 4.90 Å². The summed E-state index contributed by atoms with van der Waals surface area (Å²) in [6, 6.07) is 7.47. The van der Waals surface area contributed by atoms with Crippen LogP contribution in [0.2, 0.25) is 0 Å². The summed E-state index contributed by atoms with van der Waals surface area (Å²) < 4.78 is 23.1. The summed E-state index contributed by atoms with van der Waals surface area (Å²) >= 11 is 0. The van der Waals surface area contributed by atoms with E-state index in [2.05, 4.69) is 34.4 Å². The third-order valence-electron chi connectivity index (χ3n) is 5.39. The largest absolute Gasteiger partial charge is 0.355 e. The van der Waals surface area contributed by atoms with E-state index in [1.165, 1.54) is 45.0 Å². The van der Waals surface area contributed by atoms with Crippen molar-refractivity contribution in [1.82, 2.24) is 15.5 Å². The van der Waals surface area contributed by atoms with Gasteiger partial charge >= 0.3 is 0 Å². The van der Waals surface area contributed by atoms with Crippen LogP contribution in [0.4, 0.5) is 0 Å². The Morgan fingerprint density at radius 2 is 1.66 bits per heavy atom. The van der Waals surface area contributed by atoms with Crippen LogP contribution in [0, 0.1) is 5.92 Å². The van der Waals surface area contributed by atoms with Gasteiger partial charge < -0.3 is 10.6 Å². The molecule has 0 aliphatic carbocycles. The summed E-state index contributed by atoms with van der Waals surface area (Å²) in [6.45, 7) is 8.41. The van der Waals surface area contributed by atoms with Gasteiger partial charge in [0.1, 0.15) is 0 Å². The lowest BCUT2D eigenvalue weighted by Crippen LogP contribution is -2.49. The molecule has 29 heavy (non-hydrogen) atoms. The molecule has 0 radical (unpaired) electrons. The first kappa shape index (κ1) is 26.2. The number of sulfone groups is 1. The lowest BCUT2D eigenvalue weighted by Gasteiger charge is -2.34. The van der Waals surface area contributed by atoms with Gasteiger partial charge in [0.15, 0.2) is 15.8 Å². The van der Waals surface area contributed by atoms with Gasteiger partial charge in [-0.25, -0.2) is 8.42 Å². The van der Waals surface area contributed by atoms with Crippen molar-refractivity contribution >= 4 is 39.8 Å². The van der Waals surface area contributed by atoms with E-state index in [0.29, 0.717) is 23.4 Å². The molecule has 1 aliphatic heterocycles. The standard InChI is InChI=1S/C21H36N4O2S.HI/c1-17(2)20(25-13-7-5-6-8-14-25)16-24-21(22-3)23-15-18-9-11-19(12-10-18)28(4,26)27;/h9-12,17,20H,5-8,13-16H2,1-4H3,(H2,22,23,24);1H. The fraction of sp³-hybridized carbons (Fsp3) is 0.667. The molecule has 1 atom stereocenters. The Balaban J connectivity index is 0.00000420. The molecule has 0 saturated carbocycles. The molecule has 1 unspecified atom stereocenters. The molecular formula is C21H37IN4O2S. The first-order chi connectivity index (χ1) is 13.3. The molecule has 1 aliphatic rings. The highest BCUT2D eigenvalue weighted by Gasteiger charge is 2.22. The minimum Gasteiger partial charge on any atom is -0.355 e. The molecular weight excluding hydrogens is 499 g/mol. The summed E-state index contributed by atoms with van der Waals surface area (Å²) in [4.78, 5) is 7.31. The van der Waals surface area contributed by atoms with Crippen LogP contribution >= 0.6 is 24.0 Å². The van der Waals surface area contributed by atoms with Gasteiger partial charge in [0, 0.05) is 32.4 Å². The van der Waals surface area contributed by atoms with Crippen LogP contribution in [0.25, 0.3) is 0 Å². The normalized spacial score (nSPS) is 17.3. The molecule has 8 heteroatoms. The zero-order valence-electron chi connectivity index (χ0n) is 18.1. The number of aliphatic imine (C=N–C) groups is 1. The van der Waals surface area contributed by atoms with Crippen molar-refractivity contribution in [1.29, 1.82) is 0 Å². The van der Waals surface area contributed by atoms with E-state index >= 15 is 0 Å². The topological polar surface area (TPSA) is 73.8 Å². The summed E-state index contributed by atoms with van der Waals surface area (Å²) in [6.07, 6.45) is 6.49.